The van der Waals surface area contributed by atoms with E-state index in [9.17, 15) is 0 Å². The molecule has 0 saturated carbocycles. The van der Waals surface area contributed by atoms with E-state index in [1.54, 1.807) is 13.0 Å². The fourth-order valence-electron chi connectivity index (χ4n) is 1.09. The van der Waals surface area contributed by atoms with Crippen LogP contribution in [-0.2, 0) is 6.42 Å². The van der Waals surface area contributed by atoms with Gasteiger partial charge in [-0.15, -0.1) is 0 Å². The molecule has 64 valence electrons. The summed E-state index contributed by atoms with van der Waals surface area (Å²) in [5.74, 6) is 0. The lowest BCUT2D eigenvalue weighted by molar-refractivity contribution is 0.425. The second-order valence-electron chi connectivity index (χ2n) is 2.70. The number of nitrogens with zero attached hydrogens (tertiary/aromatic N) is 1. The van der Waals surface area contributed by atoms with Crippen LogP contribution in [0, 0.1) is 6.92 Å². The molecule has 2 N–H and O–H groups in total. The maximum Gasteiger partial charge on any atom is 0.490 e. The molecule has 0 aliphatic carbocycles. The van der Waals surface area contributed by atoms with Gasteiger partial charge in [0, 0.05) is 16.9 Å². The number of hydrogen-bond donors (Lipinski definition) is 2. The summed E-state index contributed by atoms with van der Waals surface area (Å²) in [7, 11) is -1.41. The van der Waals surface area contributed by atoms with Crippen molar-refractivity contribution in [3.8, 4) is 0 Å². The van der Waals surface area contributed by atoms with Crippen molar-refractivity contribution >= 4 is 12.6 Å². The number of aromatic nitrogens is 1. The van der Waals surface area contributed by atoms with Crippen molar-refractivity contribution in [2.45, 2.75) is 20.3 Å². The minimum atomic E-state index is -1.41. The number of rotatable bonds is 2. The summed E-state index contributed by atoms with van der Waals surface area (Å²) in [6, 6.07) is 3.51. The summed E-state index contributed by atoms with van der Waals surface area (Å²) >= 11 is 0. The van der Waals surface area contributed by atoms with Gasteiger partial charge in [-0.1, -0.05) is 13.0 Å². The summed E-state index contributed by atoms with van der Waals surface area (Å²) < 4.78 is 0. The van der Waals surface area contributed by atoms with E-state index in [2.05, 4.69) is 4.98 Å². The van der Waals surface area contributed by atoms with Gasteiger partial charge in [-0.25, -0.2) is 0 Å². The Morgan fingerprint density at radius 2 is 2.08 bits per heavy atom. The molecular weight excluding hydrogens is 153 g/mol. The first kappa shape index (κ1) is 9.22. The molecule has 1 aromatic rings. The van der Waals surface area contributed by atoms with Crippen LogP contribution in [0.15, 0.2) is 12.1 Å². The highest BCUT2D eigenvalue weighted by atomic mass is 16.4. The zero-order valence-electron chi connectivity index (χ0n) is 7.28. The van der Waals surface area contributed by atoms with Gasteiger partial charge in [0.25, 0.3) is 0 Å². The summed E-state index contributed by atoms with van der Waals surface area (Å²) in [4.78, 5) is 4.19. The SMILES string of the molecule is CCc1ccc(B(O)O)c(C)n1. The van der Waals surface area contributed by atoms with Crippen LogP contribution in [0.25, 0.3) is 0 Å². The van der Waals surface area contributed by atoms with Crippen molar-refractivity contribution in [2.75, 3.05) is 0 Å². The van der Waals surface area contributed by atoms with Crippen LogP contribution >= 0.6 is 0 Å². The van der Waals surface area contributed by atoms with Gasteiger partial charge < -0.3 is 10.0 Å². The van der Waals surface area contributed by atoms with Crippen molar-refractivity contribution < 1.29 is 10.0 Å². The topological polar surface area (TPSA) is 53.4 Å². The first-order chi connectivity index (χ1) is 5.65. The van der Waals surface area contributed by atoms with Gasteiger partial charge in [-0.05, 0) is 19.4 Å². The number of hydrogen-bond acceptors (Lipinski definition) is 3. The van der Waals surface area contributed by atoms with E-state index in [1.807, 2.05) is 13.0 Å². The quantitative estimate of drug-likeness (QED) is 0.588. The van der Waals surface area contributed by atoms with E-state index in [0.717, 1.165) is 12.1 Å². The highest BCUT2D eigenvalue weighted by Crippen LogP contribution is 1.97. The Labute approximate surface area is 72.2 Å². The molecule has 0 bridgehead atoms. The monoisotopic (exact) mass is 165 g/mol. The van der Waals surface area contributed by atoms with E-state index < -0.39 is 7.12 Å². The lowest BCUT2D eigenvalue weighted by atomic mass is 9.79. The molecule has 0 spiro atoms. The van der Waals surface area contributed by atoms with Crippen LogP contribution in [0.5, 0.6) is 0 Å². The van der Waals surface area contributed by atoms with E-state index in [-0.39, 0.29) is 0 Å². The van der Waals surface area contributed by atoms with Crippen LogP contribution in [-0.4, -0.2) is 22.2 Å². The maximum atomic E-state index is 8.88. The van der Waals surface area contributed by atoms with Gasteiger partial charge in [0.1, 0.15) is 0 Å². The van der Waals surface area contributed by atoms with Crippen molar-refractivity contribution in [1.82, 2.24) is 4.98 Å². The molecule has 0 fully saturated rings. The summed E-state index contributed by atoms with van der Waals surface area (Å²) in [5, 5.41) is 17.8. The van der Waals surface area contributed by atoms with Crippen molar-refractivity contribution in [3.63, 3.8) is 0 Å². The fourth-order valence-corrected chi connectivity index (χ4v) is 1.09. The van der Waals surface area contributed by atoms with Crippen LogP contribution in [0.2, 0.25) is 0 Å². The Balaban J connectivity index is 3.03. The molecule has 12 heavy (non-hydrogen) atoms. The molecule has 1 aromatic heterocycles. The van der Waals surface area contributed by atoms with E-state index in [0.29, 0.717) is 11.2 Å². The minimum Gasteiger partial charge on any atom is -0.423 e. The van der Waals surface area contributed by atoms with Crippen LogP contribution < -0.4 is 5.46 Å². The van der Waals surface area contributed by atoms with Gasteiger partial charge in [-0.3, -0.25) is 4.98 Å². The van der Waals surface area contributed by atoms with Crippen LogP contribution in [0.4, 0.5) is 0 Å². The molecule has 0 amide bonds. The molecule has 1 rings (SSSR count). The average Bonchev–Trinajstić information content (AvgIpc) is 2.03. The van der Waals surface area contributed by atoms with Gasteiger partial charge in [0.2, 0.25) is 0 Å². The van der Waals surface area contributed by atoms with Gasteiger partial charge in [0.15, 0.2) is 0 Å². The Morgan fingerprint density at radius 1 is 1.42 bits per heavy atom. The van der Waals surface area contributed by atoms with Gasteiger partial charge in [-0.2, -0.15) is 0 Å². The molecule has 1 heterocycles. The van der Waals surface area contributed by atoms with Crippen molar-refractivity contribution in [2.24, 2.45) is 0 Å². The van der Waals surface area contributed by atoms with E-state index >= 15 is 0 Å². The molecule has 4 heteroatoms. The zero-order valence-corrected chi connectivity index (χ0v) is 7.28. The third-order valence-corrected chi connectivity index (χ3v) is 1.82. The highest BCUT2D eigenvalue weighted by molar-refractivity contribution is 6.59. The second-order valence-corrected chi connectivity index (χ2v) is 2.70. The number of aryl methyl sites for hydroxylation is 2. The zero-order chi connectivity index (χ0) is 9.14. The van der Waals surface area contributed by atoms with Crippen LogP contribution in [0.1, 0.15) is 18.3 Å². The van der Waals surface area contributed by atoms with Crippen molar-refractivity contribution in [3.05, 3.63) is 23.5 Å². The third-order valence-electron chi connectivity index (χ3n) is 1.82. The molecule has 0 radical (unpaired) electrons. The standard InChI is InChI=1S/C8H12BNO2/c1-3-7-4-5-8(9(11)12)6(2)10-7/h4-5,11-12H,3H2,1-2H3. The third kappa shape index (κ3) is 1.84. The molecule has 0 aromatic carbocycles. The summed E-state index contributed by atoms with van der Waals surface area (Å²) in [6.07, 6.45) is 0.864. The minimum absolute atomic E-state index is 0.479. The Hall–Kier alpha value is -0.865. The Morgan fingerprint density at radius 3 is 2.50 bits per heavy atom. The summed E-state index contributed by atoms with van der Waals surface area (Å²) in [6.45, 7) is 3.78. The normalized spacial score (nSPS) is 10.0. The van der Waals surface area contributed by atoms with Crippen molar-refractivity contribution in [1.29, 1.82) is 0 Å². The Kier molecular flexibility index (Phi) is 2.84. The number of pyridine rings is 1. The first-order valence-electron chi connectivity index (χ1n) is 3.97. The van der Waals surface area contributed by atoms with Gasteiger partial charge in [0.05, 0.1) is 0 Å². The van der Waals surface area contributed by atoms with E-state index in [1.165, 1.54) is 0 Å². The average molecular weight is 165 g/mol. The second kappa shape index (κ2) is 3.69. The summed E-state index contributed by atoms with van der Waals surface area (Å²) in [5.41, 5.74) is 2.13. The predicted molar refractivity (Wildman–Crippen MR) is 48.2 cm³/mol. The highest BCUT2D eigenvalue weighted by Gasteiger charge is 2.14. The van der Waals surface area contributed by atoms with Crippen LogP contribution in [0.3, 0.4) is 0 Å². The predicted octanol–water partition coefficient (Wildman–Crippen LogP) is -0.368. The lowest BCUT2D eigenvalue weighted by Gasteiger charge is -2.04. The van der Waals surface area contributed by atoms with E-state index in [4.69, 9.17) is 10.0 Å². The smallest absolute Gasteiger partial charge is 0.423 e. The fraction of sp³-hybridized carbons (Fsp3) is 0.375. The first-order valence-corrected chi connectivity index (χ1v) is 3.97. The largest absolute Gasteiger partial charge is 0.490 e. The molecular formula is C8H12BNO2. The molecule has 0 aliphatic rings. The molecule has 0 saturated heterocycles. The lowest BCUT2D eigenvalue weighted by Crippen LogP contribution is -2.32. The molecule has 0 unspecified atom stereocenters. The maximum absolute atomic E-state index is 8.88. The molecule has 0 aliphatic heterocycles. The molecule has 0 atom stereocenters. The molecule has 3 nitrogen and oxygen atoms in total. The Bertz CT molecular complexity index is 276. The van der Waals surface area contributed by atoms with Gasteiger partial charge >= 0.3 is 7.12 Å².